The number of rotatable bonds is 8. The van der Waals surface area contributed by atoms with Crippen molar-refractivity contribution < 1.29 is 63.4 Å². The first kappa shape index (κ1) is 23.7. The lowest BCUT2D eigenvalue weighted by Crippen LogP contribution is -2.42. The number of aliphatic hydroxyl groups is 1. The number of nitrogens with one attached hydrogen (secondary N) is 1. The molecule has 3 heterocycles. The van der Waals surface area contributed by atoms with Gasteiger partial charge in [-0.05, 0) is 0 Å². The number of nitrogen functional groups attached to an aromatic ring is 1. The first-order chi connectivity index (χ1) is 16.2. The maximum Gasteiger partial charge on any atom is 0.490 e. The number of fused-ring (bicyclic) bond motifs is 1. The number of nitrogens with two attached hydrogens (primary N) is 1. The molecule has 3 unspecified atom stereocenters. The first-order valence-corrected chi connectivity index (χ1v) is 12.8. The van der Waals surface area contributed by atoms with E-state index in [0.717, 1.165) is 6.33 Å². The van der Waals surface area contributed by atoms with Crippen molar-refractivity contribution in [3.8, 4) is 12.3 Å². The van der Waals surface area contributed by atoms with E-state index in [9.17, 15) is 33.4 Å². The van der Waals surface area contributed by atoms with Crippen LogP contribution in [0.1, 0.15) is 8.97 Å². The van der Waals surface area contributed by atoms with Crippen molar-refractivity contribution in [2.75, 3.05) is 12.3 Å². The standard InChI is InChI=1S/C12H15FN5O13P3/c1-2-12(13)7(19)5(3-28-33(24,25)31-34(26,27)30-32(21,22)23)29-10(12)18-4-15-6-8(18)16-11(14)17-9(6)20/h1,4-5,7,10,19H,3H2,(H,24,25)(H,26,27)(H2,21,22,23)(H3,14,16,17,20)/t5-,7+,10-,12?/m1/s1/i3D2. The van der Waals surface area contributed by atoms with E-state index >= 15 is 4.39 Å². The predicted octanol–water partition coefficient (Wildman–Crippen LogP) is -1.36. The summed E-state index contributed by atoms with van der Waals surface area (Å²) in [5.74, 6) is 1.09. The summed E-state index contributed by atoms with van der Waals surface area (Å²) in [5, 5.41) is 10.4. The predicted molar refractivity (Wildman–Crippen MR) is 105 cm³/mol. The average Bonchev–Trinajstić information content (AvgIpc) is 3.17. The number of aliphatic hydroxyl groups excluding tert-OH is 1. The SMILES string of the molecule is [2H]C([2H])(OP(=O)(O)OP(=O)(O)OP(=O)(O)O)[C@H]1O[C@@H](n2cnc3c(=O)[nH]c(N)nc32)C(F)(C#C)[C@H]1O. The van der Waals surface area contributed by atoms with Crippen molar-refractivity contribution in [3.63, 3.8) is 0 Å². The number of hydrogen-bond acceptors (Lipinski definition) is 12. The normalized spacial score (nSPS) is 30.2. The highest BCUT2D eigenvalue weighted by Crippen LogP contribution is 2.66. The summed E-state index contributed by atoms with van der Waals surface area (Å²) in [5.41, 5.74) is 0.451. The van der Waals surface area contributed by atoms with Crippen LogP contribution in [0.4, 0.5) is 10.3 Å². The number of ether oxygens (including phenoxy) is 1. The lowest BCUT2D eigenvalue weighted by molar-refractivity contribution is -0.0496. The molecule has 0 bridgehead atoms. The van der Waals surface area contributed by atoms with Gasteiger partial charge in [0.25, 0.3) is 5.56 Å². The van der Waals surface area contributed by atoms with Gasteiger partial charge in [0, 0.05) is 0 Å². The summed E-state index contributed by atoms with van der Waals surface area (Å²) >= 11 is 0. The number of terminal acetylenes is 1. The Morgan fingerprint density at radius 1 is 1.35 bits per heavy atom. The molecule has 18 nitrogen and oxygen atoms in total. The van der Waals surface area contributed by atoms with Crippen LogP contribution < -0.4 is 11.3 Å². The van der Waals surface area contributed by atoms with Crippen LogP contribution in [0.15, 0.2) is 11.1 Å². The molecule has 3 rings (SSSR count). The molecule has 0 aliphatic carbocycles. The highest BCUT2D eigenvalue weighted by molar-refractivity contribution is 7.66. The zero-order valence-corrected chi connectivity index (χ0v) is 18.7. The van der Waals surface area contributed by atoms with E-state index < -0.39 is 71.3 Å². The molecular formula is C12H15FN5O13P3. The molecule has 1 saturated heterocycles. The van der Waals surface area contributed by atoms with Gasteiger partial charge in [-0.3, -0.25) is 18.9 Å². The van der Waals surface area contributed by atoms with Crippen LogP contribution in [0.5, 0.6) is 0 Å². The largest absolute Gasteiger partial charge is 0.490 e. The van der Waals surface area contributed by atoms with Crippen LogP contribution in [-0.2, 0) is 31.6 Å². The molecule has 8 N–H and O–H groups in total. The Morgan fingerprint density at radius 2 is 2.00 bits per heavy atom. The van der Waals surface area contributed by atoms with Crippen molar-refractivity contribution >= 4 is 40.6 Å². The van der Waals surface area contributed by atoms with E-state index in [1.165, 1.54) is 5.92 Å². The van der Waals surface area contributed by atoms with E-state index in [0.29, 0.717) is 4.57 Å². The van der Waals surface area contributed by atoms with Crippen molar-refractivity contribution in [1.82, 2.24) is 19.5 Å². The van der Waals surface area contributed by atoms with Gasteiger partial charge in [0.1, 0.15) is 12.2 Å². The van der Waals surface area contributed by atoms with Gasteiger partial charge in [0.15, 0.2) is 17.4 Å². The van der Waals surface area contributed by atoms with Crippen molar-refractivity contribution in [1.29, 1.82) is 0 Å². The fourth-order valence-corrected chi connectivity index (χ4v) is 5.60. The number of nitrogens with zero attached hydrogens (tertiary/aromatic N) is 3. The molecule has 0 spiro atoms. The number of anilines is 1. The molecule has 0 radical (unpaired) electrons. The molecule has 2 aromatic heterocycles. The minimum absolute atomic E-state index is 0.388. The molecule has 22 heteroatoms. The second-order valence-corrected chi connectivity index (χ2v) is 10.7. The highest BCUT2D eigenvalue weighted by Gasteiger charge is 2.58. The fourth-order valence-electron chi connectivity index (χ4n) is 2.73. The van der Waals surface area contributed by atoms with E-state index in [1.54, 1.807) is 0 Å². The average molecular weight is 551 g/mol. The molecule has 1 aliphatic heterocycles. The zero-order chi connectivity index (χ0) is 27.5. The van der Waals surface area contributed by atoms with Crippen LogP contribution in [0, 0.1) is 12.3 Å². The Labute approximate surface area is 189 Å². The number of imidazole rings is 1. The minimum atomic E-state index is -6.10. The summed E-state index contributed by atoms with van der Waals surface area (Å²) in [6, 6.07) is 0. The van der Waals surface area contributed by atoms with Crippen LogP contribution in [0.3, 0.4) is 0 Å². The minimum Gasteiger partial charge on any atom is -0.386 e. The van der Waals surface area contributed by atoms with E-state index in [2.05, 4.69) is 28.1 Å². The smallest absolute Gasteiger partial charge is 0.386 e. The monoisotopic (exact) mass is 551 g/mol. The van der Waals surface area contributed by atoms with Crippen molar-refractivity contribution in [2.24, 2.45) is 0 Å². The first-order valence-electron chi connectivity index (χ1n) is 9.28. The van der Waals surface area contributed by atoms with E-state index in [-0.39, 0.29) is 5.52 Å². The van der Waals surface area contributed by atoms with Gasteiger partial charge >= 0.3 is 23.5 Å². The van der Waals surface area contributed by atoms with Gasteiger partial charge in [-0.15, -0.1) is 6.42 Å². The summed E-state index contributed by atoms with van der Waals surface area (Å²) in [7, 11) is -17.9. The number of H-pyrrole nitrogens is 1. The quantitative estimate of drug-likeness (QED) is 0.147. The van der Waals surface area contributed by atoms with Crippen LogP contribution in [0.25, 0.3) is 11.2 Å². The van der Waals surface area contributed by atoms with Gasteiger partial charge in [0.2, 0.25) is 11.6 Å². The Hall–Kier alpha value is -2.03. The highest BCUT2D eigenvalue weighted by atomic mass is 31.3. The Morgan fingerprint density at radius 3 is 2.59 bits per heavy atom. The third-order valence-electron chi connectivity index (χ3n) is 3.98. The molecule has 188 valence electrons. The number of halogens is 1. The number of aromatic amines is 1. The molecule has 6 atom stereocenters. The topological polar surface area (TPSA) is 279 Å². The maximum absolute atomic E-state index is 15.7. The second kappa shape index (κ2) is 8.88. The third kappa shape index (κ3) is 5.44. The number of alkyl halides is 1. The Balaban J connectivity index is 1.95. The molecule has 1 aliphatic rings. The number of hydrogen-bond donors (Lipinski definition) is 7. The molecule has 0 saturated carbocycles. The second-order valence-electron chi connectivity index (χ2n) is 6.34. The summed E-state index contributed by atoms with van der Waals surface area (Å²) < 4.78 is 82.3. The van der Waals surface area contributed by atoms with Crippen molar-refractivity contribution in [3.05, 3.63) is 16.7 Å². The Kier molecular flexibility index (Phi) is 6.19. The number of aromatic nitrogens is 4. The van der Waals surface area contributed by atoms with Gasteiger partial charge < -0.3 is 35.2 Å². The number of phosphoric ester groups is 1. The third-order valence-corrected chi connectivity index (χ3v) is 7.64. The van der Waals surface area contributed by atoms with Crippen molar-refractivity contribution in [2.45, 2.75) is 24.1 Å². The summed E-state index contributed by atoms with van der Waals surface area (Å²) in [4.78, 5) is 57.4. The summed E-state index contributed by atoms with van der Waals surface area (Å²) in [6.45, 7) is -3.75. The van der Waals surface area contributed by atoms with E-state index in [1.807, 2.05) is 0 Å². The maximum atomic E-state index is 15.7. The number of phosphoric acid groups is 3. The molecule has 0 amide bonds. The van der Waals surface area contributed by atoms with Crippen LogP contribution in [0.2, 0.25) is 0 Å². The summed E-state index contributed by atoms with van der Waals surface area (Å²) in [6.07, 6.45) is -1.49. The molecule has 0 aromatic carbocycles. The van der Waals surface area contributed by atoms with Crippen LogP contribution >= 0.6 is 23.5 Å². The molecule has 2 aromatic rings. The fraction of sp³-hybridized carbons (Fsp3) is 0.417. The van der Waals surface area contributed by atoms with Gasteiger partial charge in [-0.1, -0.05) is 5.92 Å². The van der Waals surface area contributed by atoms with E-state index in [4.69, 9.17) is 29.4 Å². The molecule has 34 heavy (non-hydrogen) atoms. The van der Waals surface area contributed by atoms with Gasteiger partial charge in [-0.2, -0.15) is 13.6 Å². The van der Waals surface area contributed by atoms with Crippen LogP contribution in [-0.4, -0.2) is 68.6 Å². The van der Waals surface area contributed by atoms with Gasteiger partial charge in [0.05, 0.1) is 15.6 Å². The lowest BCUT2D eigenvalue weighted by atomic mass is 9.97. The molecular weight excluding hydrogens is 534 g/mol. The zero-order valence-electron chi connectivity index (χ0n) is 18.0. The van der Waals surface area contributed by atoms with Gasteiger partial charge in [-0.25, -0.2) is 23.1 Å². The lowest BCUT2D eigenvalue weighted by Gasteiger charge is -2.23. The Bertz CT molecular complexity index is 1440. The molecule has 1 fully saturated rings.